The standard InChI is InChI=1S/C15H19F3N4O3/c1-14(2,3)25-11(23)9-4-6-10(7-5-9)21-12(19)22-13(20)24-8-15(16,17)18/h4-7H,8H2,1-3H3,(H4,19,20,21,22). The summed E-state index contributed by atoms with van der Waals surface area (Å²) in [4.78, 5) is 19.1. The molecule has 0 amide bonds. The maximum Gasteiger partial charge on any atom is 0.422 e. The average Bonchev–Trinajstić information content (AvgIpc) is 2.43. The summed E-state index contributed by atoms with van der Waals surface area (Å²) in [6.07, 6.45) is -4.54. The van der Waals surface area contributed by atoms with Crippen LogP contribution in [-0.2, 0) is 9.47 Å². The van der Waals surface area contributed by atoms with Gasteiger partial charge < -0.3 is 20.9 Å². The number of aliphatic imine (C=N–C) groups is 2. The second-order valence-corrected chi connectivity index (χ2v) is 5.87. The van der Waals surface area contributed by atoms with Gasteiger partial charge in [-0.3, -0.25) is 0 Å². The third-order valence-corrected chi connectivity index (χ3v) is 2.35. The topological polar surface area (TPSA) is 112 Å². The second-order valence-electron chi connectivity index (χ2n) is 5.87. The van der Waals surface area contributed by atoms with Gasteiger partial charge in [-0.25, -0.2) is 9.79 Å². The van der Waals surface area contributed by atoms with Gasteiger partial charge >= 0.3 is 12.1 Å². The number of guanidine groups is 1. The van der Waals surface area contributed by atoms with E-state index in [2.05, 4.69) is 14.7 Å². The predicted molar refractivity (Wildman–Crippen MR) is 86.5 cm³/mol. The number of nitrogens with two attached hydrogens (primary N) is 2. The van der Waals surface area contributed by atoms with Gasteiger partial charge in [-0.2, -0.15) is 18.2 Å². The molecule has 0 aliphatic carbocycles. The van der Waals surface area contributed by atoms with E-state index in [1.165, 1.54) is 24.3 Å². The van der Waals surface area contributed by atoms with Gasteiger partial charge in [0.2, 0.25) is 5.96 Å². The van der Waals surface area contributed by atoms with E-state index < -0.39 is 36.3 Å². The van der Waals surface area contributed by atoms with E-state index in [0.717, 1.165) is 0 Å². The molecule has 0 fully saturated rings. The minimum Gasteiger partial charge on any atom is -0.456 e. The first-order valence-corrected chi connectivity index (χ1v) is 7.07. The monoisotopic (exact) mass is 360 g/mol. The highest BCUT2D eigenvalue weighted by atomic mass is 19.4. The molecular formula is C15H19F3N4O3. The molecule has 0 aliphatic heterocycles. The van der Waals surface area contributed by atoms with E-state index in [9.17, 15) is 18.0 Å². The smallest absolute Gasteiger partial charge is 0.422 e. The van der Waals surface area contributed by atoms with E-state index in [1.807, 2.05) is 0 Å². The summed E-state index contributed by atoms with van der Waals surface area (Å²) in [7, 11) is 0. The number of ether oxygens (including phenoxy) is 2. The molecular weight excluding hydrogens is 341 g/mol. The highest BCUT2D eigenvalue weighted by molar-refractivity contribution is 5.93. The van der Waals surface area contributed by atoms with Crippen molar-refractivity contribution in [1.29, 1.82) is 0 Å². The molecule has 7 nitrogen and oxygen atoms in total. The third kappa shape index (κ3) is 8.58. The molecule has 1 rings (SSSR count). The first kappa shape index (κ1) is 20.3. The van der Waals surface area contributed by atoms with Crippen molar-refractivity contribution in [2.24, 2.45) is 21.5 Å². The van der Waals surface area contributed by atoms with E-state index in [0.29, 0.717) is 11.3 Å². The summed E-state index contributed by atoms with van der Waals surface area (Å²) < 4.78 is 45.3. The van der Waals surface area contributed by atoms with Crippen LogP contribution in [0.15, 0.2) is 34.3 Å². The molecule has 0 bridgehead atoms. The van der Waals surface area contributed by atoms with Crippen molar-refractivity contribution in [2.45, 2.75) is 32.5 Å². The van der Waals surface area contributed by atoms with Crippen LogP contribution in [0.25, 0.3) is 0 Å². The first-order chi connectivity index (χ1) is 11.4. The number of rotatable bonds is 3. The van der Waals surface area contributed by atoms with Crippen LogP contribution < -0.4 is 11.5 Å². The van der Waals surface area contributed by atoms with Crippen LogP contribution in [0.3, 0.4) is 0 Å². The zero-order valence-electron chi connectivity index (χ0n) is 13.9. The number of benzene rings is 1. The third-order valence-electron chi connectivity index (χ3n) is 2.35. The van der Waals surface area contributed by atoms with Crippen LogP contribution >= 0.6 is 0 Å². The molecule has 1 aromatic rings. The number of hydrogen-bond donors (Lipinski definition) is 2. The Morgan fingerprint density at radius 3 is 2.16 bits per heavy atom. The number of carbonyl (C=O) groups excluding carboxylic acids is 1. The Kier molecular flexibility index (Phi) is 6.37. The predicted octanol–water partition coefficient (Wildman–Crippen LogP) is 2.48. The maximum atomic E-state index is 12.0. The number of esters is 1. The fourth-order valence-corrected chi connectivity index (χ4v) is 1.47. The number of nitrogens with zero attached hydrogens (tertiary/aromatic N) is 2. The lowest BCUT2D eigenvalue weighted by molar-refractivity contribution is -0.156. The van der Waals surface area contributed by atoms with Gasteiger partial charge in [-0.05, 0) is 45.0 Å². The average molecular weight is 360 g/mol. The maximum absolute atomic E-state index is 12.0. The largest absolute Gasteiger partial charge is 0.456 e. The van der Waals surface area contributed by atoms with Crippen LogP contribution in [-0.4, -0.2) is 36.3 Å². The number of hydrogen-bond acceptors (Lipinski definition) is 4. The van der Waals surface area contributed by atoms with Gasteiger partial charge in [-0.15, -0.1) is 0 Å². The van der Waals surface area contributed by atoms with E-state index >= 15 is 0 Å². The van der Waals surface area contributed by atoms with Crippen LogP contribution in [0.5, 0.6) is 0 Å². The van der Waals surface area contributed by atoms with Crippen molar-refractivity contribution in [2.75, 3.05) is 6.61 Å². The van der Waals surface area contributed by atoms with Crippen LogP contribution in [0.2, 0.25) is 0 Å². The lowest BCUT2D eigenvalue weighted by atomic mass is 10.1. The highest BCUT2D eigenvalue weighted by Crippen LogP contribution is 2.17. The summed E-state index contributed by atoms with van der Waals surface area (Å²) >= 11 is 0. The molecule has 0 aliphatic rings. The van der Waals surface area contributed by atoms with Gasteiger partial charge in [0.15, 0.2) is 6.61 Å². The van der Waals surface area contributed by atoms with Crippen LogP contribution in [0, 0.1) is 0 Å². The molecule has 0 heterocycles. The zero-order chi connectivity index (χ0) is 19.3. The number of halogens is 3. The molecule has 1 aromatic carbocycles. The zero-order valence-corrected chi connectivity index (χ0v) is 13.9. The van der Waals surface area contributed by atoms with Crippen molar-refractivity contribution in [1.82, 2.24) is 0 Å². The van der Waals surface area contributed by atoms with Crippen LogP contribution in [0.4, 0.5) is 18.9 Å². The summed E-state index contributed by atoms with van der Waals surface area (Å²) in [5.41, 5.74) is 10.6. The Labute approximate surface area is 142 Å². The van der Waals surface area contributed by atoms with Crippen molar-refractivity contribution < 1.29 is 27.4 Å². The summed E-state index contributed by atoms with van der Waals surface area (Å²) in [6, 6.07) is 5.10. The van der Waals surface area contributed by atoms with E-state index in [1.54, 1.807) is 20.8 Å². The van der Waals surface area contributed by atoms with Gasteiger partial charge in [0, 0.05) is 0 Å². The summed E-state index contributed by atoms with van der Waals surface area (Å²) in [5.74, 6) is -0.900. The van der Waals surface area contributed by atoms with Crippen molar-refractivity contribution in [3.8, 4) is 0 Å². The molecule has 0 saturated heterocycles. The normalized spacial score (nSPS) is 13.5. The molecule has 25 heavy (non-hydrogen) atoms. The summed E-state index contributed by atoms with van der Waals surface area (Å²) in [5, 5.41) is 0. The molecule has 0 unspecified atom stereocenters. The molecule has 0 atom stereocenters. The van der Waals surface area contributed by atoms with Gasteiger partial charge in [0.1, 0.15) is 5.60 Å². The van der Waals surface area contributed by atoms with Crippen molar-refractivity contribution in [3.05, 3.63) is 29.8 Å². The lowest BCUT2D eigenvalue weighted by Crippen LogP contribution is -2.27. The first-order valence-electron chi connectivity index (χ1n) is 7.07. The minimum absolute atomic E-state index is 0.309. The Bertz CT molecular complexity index is 662. The molecule has 4 N–H and O–H groups in total. The SMILES string of the molecule is CC(C)(C)OC(=O)c1ccc(N=C(N)N=C(N)OCC(F)(F)F)cc1. The lowest BCUT2D eigenvalue weighted by Gasteiger charge is -2.19. The fourth-order valence-electron chi connectivity index (χ4n) is 1.47. The molecule has 0 radical (unpaired) electrons. The Morgan fingerprint density at radius 2 is 1.68 bits per heavy atom. The Morgan fingerprint density at radius 1 is 1.12 bits per heavy atom. The number of alkyl halides is 3. The minimum atomic E-state index is -4.54. The van der Waals surface area contributed by atoms with Gasteiger partial charge in [0.05, 0.1) is 11.3 Å². The Hall–Kier alpha value is -2.78. The quantitative estimate of drug-likeness (QED) is 0.488. The molecule has 10 heteroatoms. The van der Waals surface area contributed by atoms with E-state index in [4.69, 9.17) is 16.2 Å². The van der Waals surface area contributed by atoms with Gasteiger partial charge in [-0.1, -0.05) is 0 Å². The molecule has 0 saturated carbocycles. The summed E-state index contributed by atoms with van der Waals surface area (Å²) in [6.45, 7) is 3.65. The van der Waals surface area contributed by atoms with Crippen molar-refractivity contribution >= 4 is 23.6 Å². The second kappa shape index (κ2) is 7.86. The highest BCUT2D eigenvalue weighted by Gasteiger charge is 2.28. The molecule has 138 valence electrons. The van der Waals surface area contributed by atoms with Crippen LogP contribution in [0.1, 0.15) is 31.1 Å². The van der Waals surface area contributed by atoms with Gasteiger partial charge in [0.25, 0.3) is 6.02 Å². The number of amidine groups is 1. The van der Waals surface area contributed by atoms with E-state index in [-0.39, 0.29) is 0 Å². The number of carbonyl (C=O) groups is 1. The Balaban J connectivity index is 2.75. The fraction of sp³-hybridized carbons (Fsp3) is 0.400. The van der Waals surface area contributed by atoms with Crippen molar-refractivity contribution in [3.63, 3.8) is 0 Å². The molecule has 0 spiro atoms. The molecule has 0 aromatic heterocycles.